The molecule has 0 bridgehead atoms. The largest absolute Gasteiger partial charge is 0.309 e. The highest BCUT2D eigenvalue weighted by Crippen LogP contribution is 2.42. The van der Waals surface area contributed by atoms with Gasteiger partial charge in [0.05, 0.1) is 22.2 Å². The quantitative estimate of drug-likeness (QED) is 0.151. The fourth-order valence-corrected chi connectivity index (χ4v) is 9.15. The zero-order valence-electron chi connectivity index (χ0n) is 34.1. The van der Waals surface area contributed by atoms with Crippen LogP contribution in [0.5, 0.6) is 0 Å². The van der Waals surface area contributed by atoms with Gasteiger partial charge in [-0.25, -0.2) is 19.9 Å². The van der Waals surface area contributed by atoms with Crippen LogP contribution in [0.2, 0.25) is 0 Å². The Morgan fingerprint density at radius 2 is 0.746 bits per heavy atom. The summed E-state index contributed by atoms with van der Waals surface area (Å²) in [6, 6.07) is 78.6. The van der Waals surface area contributed by atoms with Crippen LogP contribution in [-0.4, -0.2) is 24.5 Å². The van der Waals surface area contributed by atoms with Crippen LogP contribution in [0.4, 0.5) is 0 Å². The molecule has 0 spiro atoms. The van der Waals surface area contributed by atoms with E-state index in [-0.39, 0.29) is 0 Å². The first-order valence-electron chi connectivity index (χ1n) is 21.2. The molecule has 3 aromatic heterocycles. The summed E-state index contributed by atoms with van der Waals surface area (Å²) in [6.45, 7) is 0. The third-order valence-corrected chi connectivity index (χ3v) is 12.0. The molecule has 9 aromatic carbocycles. The minimum atomic E-state index is 0.595. The molecule has 0 saturated carbocycles. The minimum Gasteiger partial charge on any atom is -0.309 e. The van der Waals surface area contributed by atoms with Crippen LogP contribution in [-0.2, 0) is 0 Å². The van der Waals surface area contributed by atoms with Gasteiger partial charge in [-0.3, -0.25) is 0 Å². The Balaban J connectivity index is 1.04. The maximum Gasteiger partial charge on any atom is 0.164 e. The smallest absolute Gasteiger partial charge is 0.164 e. The highest BCUT2D eigenvalue weighted by atomic mass is 15.0. The van der Waals surface area contributed by atoms with E-state index >= 15 is 0 Å². The van der Waals surface area contributed by atoms with Gasteiger partial charge < -0.3 is 4.57 Å². The third-order valence-electron chi connectivity index (χ3n) is 12.0. The first-order valence-corrected chi connectivity index (χ1v) is 21.2. The number of aromatic nitrogens is 5. The van der Waals surface area contributed by atoms with E-state index in [0.717, 1.165) is 72.1 Å². The molecular formula is C58H37N5. The molecule has 0 fully saturated rings. The fourth-order valence-electron chi connectivity index (χ4n) is 9.15. The van der Waals surface area contributed by atoms with Crippen molar-refractivity contribution in [2.24, 2.45) is 0 Å². The first-order chi connectivity index (χ1) is 31.2. The van der Waals surface area contributed by atoms with Crippen LogP contribution in [0.15, 0.2) is 224 Å². The SMILES string of the molecule is c1ccc(-c2nc(-c3cccc(-c4cccc5c4nc(-c4ccccc4)c4cccc(-c6ccccc6)c45)c3)nc(-c3cccc(-n4c5ccccc5c5ccccc54)c3)n2)cc1. The van der Waals surface area contributed by atoms with Gasteiger partial charge in [-0.2, -0.15) is 0 Å². The van der Waals surface area contributed by atoms with Crippen molar-refractivity contribution in [2.75, 3.05) is 0 Å². The summed E-state index contributed by atoms with van der Waals surface area (Å²) < 4.78 is 2.32. The number of fused-ring (bicyclic) bond motifs is 6. The molecule has 0 N–H and O–H groups in total. The number of hydrogen-bond donors (Lipinski definition) is 0. The van der Waals surface area contributed by atoms with Gasteiger partial charge in [0.15, 0.2) is 17.5 Å². The lowest BCUT2D eigenvalue weighted by Gasteiger charge is -2.16. The maximum atomic E-state index is 5.52. The molecule has 0 aliphatic carbocycles. The normalized spacial score (nSPS) is 11.5. The number of benzene rings is 9. The standard InChI is InChI=1S/C58H37N5/c1-4-18-38(19-5-1)45-30-16-32-49-53(45)50-33-17-31-46(55(50)59-54(49)39-20-6-2-7-21-39)41-24-14-25-42(36-41)57-60-56(40-22-8-3-9-23-40)61-58(62-57)43-26-15-27-44(37-43)63-51-34-12-10-28-47(51)48-29-11-13-35-52(48)63/h1-37H. The molecule has 0 amide bonds. The molecule has 5 nitrogen and oxygen atoms in total. The summed E-state index contributed by atoms with van der Waals surface area (Å²) >= 11 is 0. The zero-order valence-corrected chi connectivity index (χ0v) is 34.1. The highest BCUT2D eigenvalue weighted by Gasteiger charge is 2.19. The Bertz CT molecular complexity index is 3620. The van der Waals surface area contributed by atoms with Crippen molar-refractivity contribution in [1.29, 1.82) is 0 Å². The summed E-state index contributed by atoms with van der Waals surface area (Å²) in [5.74, 6) is 1.81. The monoisotopic (exact) mass is 803 g/mol. The summed E-state index contributed by atoms with van der Waals surface area (Å²) in [5.41, 5.74) is 13.4. The van der Waals surface area contributed by atoms with Crippen molar-refractivity contribution >= 4 is 43.5 Å². The summed E-state index contributed by atoms with van der Waals surface area (Å²) in [7, 11) is 0. The van der Waals surface area contributed by atoms with E-state index in [1.807, 2.05) is 30.3 Å². The second kappa shape index (κ2) is 15.2. The average molecular weight is 804 g/mol. The topological polar surface area (TPSA) is 56.5 Å². The molecular weight excluding hydrogens is 767 g/mol. The Morgan fingerprint density at radius 3 is 1.41 bits per heavy atom. The van der Waals surface area contributed by atoms with Gasteiger partial charge in [-0.05, 0) is 47.0 Å². The number of para-hydroxylation sites is 3. The fraction of sp³-hybridized carbons (Fsp3) is 0. The van der Waals surface area contributed by atoms with Gasteiger partial charge in [0, 0.05) is 60.4 Å². The summed E-state index contributed by atoms with van der Waals surface area (Å²) in [5, 5.41) is 5.84. The van der Waals surface area contributed by atoms with Crippen molar-refractivity contribution < 1.29 is 0 Å². The van der Waals surface area contributed by atoms with Crippen LogP contribution in [0, 0.1) is 0 Å². The average Bonchev–Trinajstić information content (AvgIpc) is 3.71. The van der Waals surface area contributed by atoms with Crippen LogP contribution < -0.4 is 0 Å². The van der Waals surface area contributed by atoms with Crippen molar-refractivity contribution in [1.82, 2.24) is 24.5 Å². The molecule has 0 atom stereocenters. The van der Waals surface area contributed by atoms with Gasteiger partial charge in [-0.15, -0.1) is 0 Å². The number of pyridine rings is 1. The second-order valence-corrected chi connectivity index (χ2v) is 15.8. The van der Waals surface area contributed by atoms with E-state index in [4.69, 9.17) is 19.9 Å². The highest BCUT2D eigenvalue weighted by molar-refractivity contribution is 6.19. The van der Waals surface area contributed by atoms with E-state index in [9.17, 15) is 0 Å². The van der Waals surface area contributed by atoms with Crippen molar-refractivity contribution in [3.8, 4) is 73.4 Å². The van der Waals surface area contributed by atoms with Gasteiger partial charge in [0.25, 0.3) is 0 Å². The van der Waals surface area contributed by atoms with E-state index in [1.165, 1.54) is 27.3 Å². The van der Waals surface area contributed by atoms with Gasteiger partial charge >= 0.3 is 0 Å². The van der Waals surface area contributed by atoms with Crippen LogP contribution in [0.1, 0.15) is 0 Å². The zero-order chi connectivity index (χ0) is 41.7. The lowest BCUT2D eigenvalue weighted by Crippen LogP contribution is -2.01. The van der Waals surface area contributed by atoms with Gasteiger partial charge in [0.2, 0.25) is 0 Å². The number of hydrogen-bond acceptors (Lipinski definition) is 4. The molecule has 0 aliphatic heterocycles. The lowest BCUT2D eigenvalue weighted by atomic mass is 9.91. The minimum absolute atomic E-state index is 0.595. The Kier molecular flexibility index (Phi) is 8.75. The third kappa shape index (κ3) is 6.34. The molecule has 0 aliphatic rings. The van der Waals surface area contributed by atoms with Crippen LogP contribution >= 0.6 is 0 Å². The molecule has 294 valence electrons. The Hall–Kier alpha value is -8.54. The lowest BCUT2D eigenvalue weighted by molar-refractivity contribution is 1.07. The molecule has 0 radical (unpaired) electrons. The van der Waals surface area contributed by atoms with Gasteiger partial charge in [-0.1, -0.05) is 194 Å². The molecule has 5 heteroatoms. The Labute approximate surface area is 364 Å². The molecule has 12 aromatic rings. The van der Waals surface area contributed by atoms with E-state index < -0.39 is 0 Å². The maximum absolute atomic E-state index is 5.52. The first kappa shape index (κ1) is 36.3. The summed E-state index contributed by atoms with van der Waals surface area (Å²) in [4.78, 5) is 21.0. The predicted molar refractivity (Wildman–Crippen MR) is 260 cm³/mol. The van der Waals surface area contributed by atoms with E-state index in [1.54, 1.807) is 0 Å². The summed E-state index contributed by atoms with van der Waals surface area (Å²) in [6.07, 6.45) is 0. The van der Waals surface area contributed by atoms with E-state index in [2.05, 4.69) is 199 Å². The van der Waals surface area contributed by atoms with E-state index in [0.29, 0.717) is 17.5 Å². The molecule has 0 saturated heterocycles. The molecule has 0 unspecified atom stereocenters. The predicted octanol–water partition coefficient (Wildman–Crippen LogP) is 14.7. The second-order valence-electron chi connectivity index (χ2n) is 15.8. The molecule has 12 rings (SSSR count). The van der Waals surface area contributed by atoms with Crippen molar-refractivity contribution in [3.05, 3.63) is 224 Å². The van der Waals surface area contributed by atoms with Gasteiger partial charge in [0.1, 0.15) is 0 Å². The van der Waals surface area contributed by atoms with Crippen molar-refractivity contribution in [2.45, 2.75) is 0 Å². The van der Waals surface area contributed by atoms with Crippen molar-refractivity contribution in [3.63, 3.8) is 0 Å². The molecule has 3 heterocycles. The number of rotatable bonds is 7. The van der Waals surface area contributed by atoms with Crippen LogP contribution in [0.25, 0.3) is 117 Å². The van der Waals surface area contributed by atoms with Crippen LogP contribution in [0.3, 0.4) is 0 Å². The Morgan fingerprint density at radius 1 is 0.286 bits per heavy atom. The molecule has 63 heavy (non-hydrogen) atoms. The number of nitrogens with zero attached hydrogens (tertiary/aromatic N) is 5.